The first-order valence-electron chi connectivity index (χ1n) is 8.05. The van der Waals surface area contributed by atoms with Gasteiger partial charge in [-0.1, -0.05) is 68.1 Å². The monoisotopic (exact) mass is 330 g/mol. The van der Waals surface area contributed by atoms with E-state index in [4.69, 9.17) is 0 Å². The molecule has 0 saturated carbocycles. The van der Waals surface area contributed by atoms with Gasteiger partial charge in [0.25, 0.3) is 5.91 Å². The number of para-hydroxylation sites is 1. The molecule has 0 aliphatic carbocycles. The molecule has 3 nitrogen and oxygen atoms in total. The smallest absolute Gasteiger partial charge is 0.255 e. The fraction of sp³-hybridized carbons (Fsp3) is 0.136. The number of rotatable bonds is 2. The molecule has 1 aliphatic heterocycles. The van der Waals surface area contributed by atoms with Gasteiger partial charge in [-0.15, -0.1) is 0 Å². The third-order valence-corrected chi connectivity index (χ3v) is 4.45. The van der Waals surface area contributed by atoms with E-state index in [1.807, 2.05) is 30.3 Å². The van der Waals surface area contributed by atoms with Gasteiger partial charge in [0.05, 0.1) is 5.56 Å². The summed E-state index contributed by atoms with van der Waals surface area (Å²) in [5.74, 6) is -0.0441. The van der Waals surface area contributed by atoms with Crippen molar-refractivity contribution in [2.45, 2.75) is 20.5 Å². The van der Waals surface area contributed by atoms with Crippen LogP contribution in [0.1, 0.15) is 35.1 Å². The average molecular weight is 330 g/mol. The van der Waals surface area contributed by atoms with Crippen LogP contribution in [0.2, 0.25) is 0 Å². The highest BCUT2D eigenvalue weighted by molar-refractivity contribution is 6.01. The first-order valence-corrected chi connectivity index (χ1v) is 8.05. The van der Waals surface area contributed by atoms with Crippen LogP contribution in [0.3, 0.4) is 0 Å². The van der Waals surface area contributed by atoms with Crippen LogP contribution in [0.15, 0.2) is 72.8 Å². The van der Waals surface area contributed by atoms with E-state index in [9.17, 15) is 4.79 Å². The molecule has 1 heterocycles. The van der Waals surface area contributed by atoms with Crippen molar-refractivity contribution in [3.05, 3.63) is 89.5 Å². The summed E-state index contributed by atoms with van der Waals surface area (Å²) < 4.78 is 0. The molecule has 0 bridgehead atoms. The lowest BCUT2D eigenvalue weighted by molar-refractivity contribution is 0.0935. The van der Waals surface area contributed by atoms with Crippen molar-refractivity contribution < 1.29 is 4.79 Å². The summed E-state index contributed by atoms with van der Waals surface area (Å²) in [6, 6.07) is 24.2. The van der Waals surface area contributed by atoms with Crippen molar-refractivity contribution in [1.82, 2.24) is 5.32 Å². The van der Waals surface area contributed by atoms with Crippen LogP contribution in [-0.2, 0) is 0 Å². The Balaban J connectivity index is 0.00000182. The number of benzene rings is 3. The van der Waals surface area contributed by atoms with Crippen molar-refractivity contribution >= 4 is 11.6 Å². The zero-order chi connectivity index (χ0) is 16.5. The van der Waals surface area contributed by atoms with Gasteiger partial charge >= 0.3 is 0 Å². The van der Waals surface area contributed by atoms with Gasteiger partial charge < -0.3 is 10.6 Å². The maximum atomic E-state index is 12.3. The molecule has 0 aromatic heterocycles. The lowest BCUT2D eigenvalue weighted by Crippen LogP contribution is -2.38. The minimum absolute atomic E-state index is 0. The zero-order valence-electron chi connectivity index (χ0n) is 13.4. The zero-order valence-corrected chi connectivity index (χ0v) is 13.4. The molecule has 3 aromatic rings. The second kappa shape index (κ2) is 6.81. The van der Waals surface area contributed by atoms with Crippen molar-refractivity contribution in [1.29, 1.82) is 0 Å². The Morgan fingerprint density at radius 3 is 2.12 bits per heavy atom. The van der Waals surface area contributed by atoms with E-state index >= 15 is 0 Å². The lowest BCUT2D eigenvalue weighted by Gasteiger charge is -2.28. The van der Waals surface area contributed by atoms with Crippen molar-refractivity contribution in [2.75, 3.05) is 5.32 Å². The largest absolute Gasteiger partial charge is 0.361 e. The molecule has 1 atom stereocenters. The molecule has 4 rings (SSSR count). The van der Waals surface area contributed by atoms with Crippen LogP contribution >= 0.6 is 0 Å². The summed E-state index contributed by atoms with van der Waals surface area (Å²) >= 11 is 0. The maximum absolute atomic E-state index is 12.3. The SMILES string of the molecule is C.Cc1ccccc1-c1ccc(C2NC(=O)c3ccccc3N2)cc1. The van der Waals surface area contributed by atoms with E-state index in [0.717, 1.165) is 11.3 Å². The Hall–Kier alpha value is -3.07. The van der Waals surface area contributed by atoms with Gasteiger partial charge in [-0.2, -0.15) is 0 Å². The van der Waals surface area contributed by atoms with E-state index in [-0.39, 0.29) is 19.5 Å². The number of amides is 1. The minimum atomic E-state index is -0.210. The van der Waals surface area contributed by atoms with Crippen LogP contribution < -0.4 is 10.6 Å². The van der Waals surface area contributed by atoms with E-state index in [2.05, 4.69) is 60.0 Å². The first-order chi connectivity index (χ1) is 11.7. The molecule has 0 fully saturated rings. The second-order valence-corrected chi connectivity index (χ2v) is 6.03. The topological polar surface area (TPSA) is 41.1 Å². The summed E-state index contributed by atoms with van der Waals surface area (Å²) in [5, 5.41) is 6.39. The number of anilines is 1. The van der Waals surface area contributed by atoms with Crippen LogP contribution in [0, 0.1) is 6.92 Å². The summed E-state index contributed by atoms with van der Waals surface area (Å²) in [4.78, 5) is 12.3. The summed E-state index contributed by atoms with van der Waals surface area (Å²) in [6.07, 6.45) is -0.210. The number of carbonyl (C=O) groups excluding carboxylic acids is 1. The van der Waals surface area contributed by atoms with E-state index in [1.54, 1.807) is 0 Å². The number of hydrogen-bond acceptors (Lipinski definition) is 2. The van der Waals surface area contributed by atoms with Gasteiger partial charge in [-0.3, -0.25) is 4.79 Å². The number of aryl methyl sites for hydroxylation is 1. The fourth-order valence-electron chi connectivity index (χ4n) is 3.13. The van der Waals surface area contributed by atoms with E-state index < -0.39 is 0 Å². The first kappa shape index (κ1) is 16.8. The molecule has 0 saturated heterocycles. The van der Waals surface area contributed by atoms with E-state index in [1.165, 1.54) is 16.7 Å². The molecule has 3 heteroatoms. The fourth-order valence-corrected chi connectivity index (χ4v) is 3.13. The van der Waals surface area contributed by atoms with Crippen LogP contribution in [0.25, 0.3) is 11.1 Å². The summed E-state index contributed by atoms with van der Waals surface area (Å²) in [5.41, 5.74) is 6.26. The Bertz CT molecular complexity index is 900. The average Bonchev–Trinajstić information content (AvgIpc) is 2.62. The van der Waals surface area contributed by atoms with Gasteiger partial charge in [0.15, 0.2) is 0 Å². The van der Waals surface area contributed by atoms with Gasteiger partial charge in [-0.05, 0) is 41.3 Å². The van der Waals surface area contributed by atoms with Crippen LogP contribution in [0.5, 0.6) is 0 Å². The van der Waals surface area contributed by atoms with E-state index in [0.29, 0.717) is 5.56 Å². The summed E-state index contributed by atoms with van der Waals surface area (Å²) in [6.45, 7) is 2.11. The second-order valence-electron chi connectivity index (χ2n) is 6.03. The van der Waals surface area contributed by atoms with Gasteiger partial charge in [0.2, 0.25) is 0 Å². The number of carbonyl (C=O) groups is 1. The standard InChI is InChI=1S/C21H18N2O.CH4/c1-14-6-2-3-7-17(14)15-10-12-16(13-11-15)20-22-19-9-5-4-8-18(19)21(24)23-20;/h2-13,20,22H,1H3,(H,23,24);1H4. The highest BCUT2D eigenvalue weighted by atomic mass is 16.2. The molecular weight excluding hydrogens is 308 g/mol. The quantitative estimate of drug-likeness (QED) is 0.682. The van der Waals surface area contributed by atoms with Crippen molar-refractivity contribution in [2.24, 2.45) is 0 Å². The minimum Gasteiger partial charge on any atom is -0.361 e. The van der Waals surface area contributed by atoms with Gasteiger partial charge in [0.1, 0.15) is 6.17 Å². The van der Waals surface area contributed by atoms with Crippen molar-refractivity contribution in [3.63, 3.8) is 0 Å². The highest BCUT2D eigenvalue weighted by Gasteiger charge is 2.23. The predicted octanol–water partition coefficient (Wildman–Crippen LogP) is 5.15. The normalized spacial score (nSPS) is 15.4. The van der Waals surface area contributed by atoms with Gasteiger partial charge in [-0.25, -0.2) is 0 Å². The summed E-state index contributed by atoms with van der Waals surface area (Å²) in [7, 11) is 0. The molecule has 25 heavy (non-hydrogen) atoms. The van der Waals surface area contributed by atoms with Gasteiger partial charge in [0, 0.05) is 5.69 Å². The third-order valence-electron chi connectivity index (χ3n) is 4.45. The number of fused-ring (bicyclic) bond motifs is 1. The lowest BCUT2D eigenvalue weighted by atomic mass is 9.98. The Morgan fingerprint density at radius 2 is 1.40 bits per heavy atom. The Kier molecular flexibility index (Phi) is 4.57. The molecule has 1 unspecified atom stereocenters. The highest BCUT2D eigenvalue weighted by Crippen LogP contribution is 2.28. The number of hydrogen-bond donors (Lipinski definition) is 2. The Morgan fingerprint density at radius 1 is 0.760 bits per heavy atom. The third kappa shape index (κ3) is 3.13. The Labute approximate surface area is 148 Å². The van der Waals surface area contributed by atoms with Crippen molar-refractivity contribution in [3.8, 4) is 11.1 Å². The molecule has 126 valence electrons. The molecule has 0 spiro atoms. The molecule has 1 amide bonds. The molecule has 2 N–H and O–H groups in total. The predicted molar refractivity (Wildman–Crippen MR) is 104 cm³/mol. The molecule has 0 radical (unpaired) electrons. The molecule has 1 aliphatic rings. The van der Waals surface area contributed by atoms with Crippen LogP contribution in [0.4, 0.5) is 5.69 Å². The molecule has 3 aromatic carbocycles. The maximum Gasteiger partial charge on any atom is 0.255 e. The van der Waals surface area contributed by atoms with Crippen LogP contribution in [-0.4, -0.2) is 5.91 Å². The number of nitrogens with one attached hydrogen (secondary N) is 2. The molecular formula is C22H22N2O.